The highest BCUT2D eigenvalue weighted by atomic mass is 19.1. The van der Waals surface area contributed by atoms with Crippen molar-refractivity contribution in [1.29, 1.82) is 0 Å². The zero-order valence-corrected chi connectivity index (χ0v) is 10.2. The first-order valence-corrected chi connectivity index (χ1v) is 6.26. The third kappa shape index (κ3) is 2.35. The highest BCUT2D eigenvalue weighted by Crippen LogP contribution is 2.43. The van der Waals surface area contributed by atoms with Crippen molar-refractivity contribution in [2.45, 2.75) is 44.3 Å². The van der Waals surface area contributed by atoms with Crippen LogP contribution < -0.4 is 0 Å². The molecule has 0 heterocycles. The van der Waals surface area contributed by atoms with Crippen LogP contribution in [0.4, 0.5) is 4.39 Å². The molecule has 1 aliphatic carbocycles. The lowest BCUT2D eigenvalue weighted by atomic mass is 9.89. The maximum absolute atomic E-state index is 13.7. The largest absolute Gasteiger partial charge is 0.385 e. The molecule has 1 aromatic rings. The van der Waals surface area contributed by atoms with Gasteiger partial charge in [0, 0.05) is 12.2 Å². The lowest BCUT2D eigenvalue weighted by molar-refractivity contribution is -0.119. The summed E-state index contributed by atoms with van der Waals surface area (Å²) in [6.45, 7) is 2.46. The minimum absolute atomic E-state index is 0.350. The third-order valence-electron chi connectivity index (χ3n) is 3.58. The van der Waals surface area contributed by atoms with Crippen molar-refractivity contribution in [2.75, 3.05) is 6.61 Å². The highest BCUT2D eigenvalue weighted by molar-refractivity contribution is 5.23. The van der Waals surface area contributed by atoms with E-state index in [2.05, 4.69) is 0 Å². The van der Waals surface area contributed by atoms with Crippen LogP contribution in [0.5, 0.6) is 0 Å². The molecule has 94 valence electrons. The van der Waals surface area contributed by atoms with Gasteiger partial charge in [0.25, 0.3) is 0 Å². The van der Waals surface area contributed by atoms with Crippen molar-refractivity contribution in [3.8, 4) is 0 Å². The Balaban J connectivity index is 2.28. The van der Waals surface area contributed by atoms with Gasteiger partial charge in [0.1, 0.15) is 11.9 Å². The van der Waals surface area contributed by atoms with Gasteiger partial charge in [-0.05, 0) is 25.8 Å². The molecule has 1 N–H and O–H groups in total. The summed E-state index contributed by atoms with van der Waals surface area (Å²) in [5, 5.41) is 10.4. The fourth-order valence-electron chi connectivity index (χ4n) is 2.74. The maximum Gasteiger partial charge on any atom is 0.129 e. The van der Waals surface area contributed by atoms with E-state index < -0.39 is 11.7 Å². The van der Waals surface area contributed by atoms with Crippen LogP contribution in [0.15, 0.2) is 24.3 Å². The topological polar surface area (TPSA) is 29.5 Å². The van der Waals surface area contributed by atoms with Gasteiger partial charge in [-0.25, -0.2) is 4.39 Å². The standard InChI is InChI=1S/C14H19FO2/c1-2-17-14(9-5-6-10-14)13(16)11-7-3-4-8-12(11)15/h3-4,7-8,13,16H,2,5-6,9-10H2,1H3. The van der Waals surface area contributed by atoms with Crippen LogP contribution in [0, 0.1) is 5.82 Å². The van der Waals surface area contributed by atoms with E-state index in [9.17, 15) is 9.50 Å². The zero-order chi connectivity index (χ0) is 12.3. The first-order chi connectivity index (χ1) is 8.19. The molecule has 0 spiro atoms. The van der Waals surface area contributed by atoms with Crippen molar-refractivity contribution in [1.82, 2.24) is 0 Å². The summed E-state index contributed by atoms with van der Waals surface area (Å²) in [6, 6.07) is 6.40. The third-order valence-corrected chi connectivity index (χ3v) is 3.58. The Bertz CT molecular complexity index is 372. The van der Waals surface area contributed by atoms with Gasteiger partial charge in [0.15, 0.2) is 0 Å². The maximum atomic E-state index is 13.7. The zero-order valence-electron chi connectivity index (χ0n) is 10.2. The van der Waals surface area contributed by atoms with Crippen molar-refractivity contribution >= 4 is 0 Å². The molecule has 1 unspecified atom stereocenters. The number of aliphatic hydroxyl groups is 1. The number of benzene rings is 1. The molecule has 0 aromatic heterocycles. The molecule has 0 amide bonds. The second-order valence-electron chi connectivity index (χ2n) is 4.63. The van der Waals surface area contributed by atoms with Gasteiger partial charge in [-0.3, -0.25) is 0 Å². The van der Waals surface area contributed by atoms with Crippen LogP contribution in [0.25, 0.3) is 0 Å². The minimum Gasteiger partial charge on any atom is -0.385 e. The van der Waals surface area contributed by atoms with Gasteiger partial charge < -0.3 is 9.84 Å². The van der Waals surface area contributed by atoms with Crippen molar-refractivity contribution in [2.24, 2.45) is 0 Å². The van der Waals surface area contributed by atoms with E-state index in [-0.39, 0.29) is 5.82 Å². The molecule has 1 atom stereocenters. The molecule has 1 fully saturated rings. The number of ether oxygens (including phenoxy) is 1. The molecule has 1 aliphatic rings. The Kier molecular flexibility index (Phi) is 3.79. The summed E-state index contributed by atoms with van der Waals surface area (Å²) in [7, 11) is 0. The first-order valence-electron chi connectivity index (χ1n) is 6.26. The first kappa shape index (κ1) is 12.5. The van der Waals surface area contributed by atoms with Gasteiger partial charge >= 0.3 is 0 Å². The fourth-order valence-corrected chi connectivity index (χ4v) is 2.74. The fraction of sp³-hybridized carbons (Fsp3) is 0.571. The van der Waals surface area contributed by atoms with E-state index in [1.54, 1.807) is 18.2 Å². The Labute approximate surface area is 101 Å². The smallest absolute Gasteiger partial charge is 0.129 e. The molecule has 2 nitrogen and oxygen atoms in total. The Hall–Kier alpha value is -0.930. The summed E-state index contributed by atoms with van der Waals surface area (Å²) in [4.78, 5) is 0. The number of hydrogen-bond donors (Lipinski definition) is 1. The lowest BCUT2D eigenvalue weighted by Gasteiger charge is -2.34. The Morgan fingerprint density at radius 3 is 2.59 bits per heavy atom. The van der Waals surface area contributed by atoms with Crippen LogP contribution in [-0.2, 0) is 4.74 Å². The van der Waals surface area contributed by atoms with Gasteiger partial charge in [0.2, 0.25) is 0 Å². The van der Waals surface area contributed by atoms with Crippen LogP contribution in [-0.4, -0.2) is 17.3 Å². The average molecular weight is 238 g/mol. The number of aliphatic hydroxyl groups excluding tert-OH is 1. The molecule has 1 aromatic carbocycles. The lowest BCUT2D eigenvalue weighted by Crippen LogP contribution is -2.37. The van der Waals surface area contributed by atoms with Crippen LogP contribution in [0.3, 0.4) is 0 Å². The number of rotatable bonds is 4. The van der Waals surface area contributed by atoms with E-state index in [4.69, 9.17) is 4.74 Å². The predicted molar refractivity (Wildman–Crippen MR) is 64.2 cm³/mol. The SMILES string of the molecule is CCOC1(C(O)c2ccccc2F)CCCC1. The number of halogens is 1. The molecule has 2 rings (SSSR count). The van der Waals surface area contributed by atoms with Crippen molar-refractivity contribution < 1.29 is 14.2 Å². The average Bonchev–Trinajstić information content (AvgIpc) is 2.79. The van der Waals surface area contributed by atoms with Crippen LogP contribution in [0.2, 0.25) is 0 Å². The molecule has 0 radical (unpaired) electrons. The van der Waals surface area contributed by atoms with Gasteiger partial charge in [-0.2, -0.15) is 0 Å². The van der Waals surface area contributed by atoms with E-state index in [0.717, 1.165) is 25.7 Å². The molecule has 0 bridgehead atoms. The molecule has 17 heavy (non-hydrogen) atoms. The molecular formula is C14H19FO2. The molecule has 0 saturated heterocycles. The number of hydrogen-bond acceptors (Lipinski definition) is 2. The molecule has 0 aliphatic heterocycles. The Morgan fingerprint density at radius 2 is 2.00 bits per heavy atom. The molecule has 3 heteroatoms. The predicted octanol–water partition coefficient (Wildman–Crippen LogP) is 3.21. The van der Waals surface area contributed by atoms with Crippen molar-refractivity contribution in [3.05, 3.63) is 35.6 Å². The van der Waals surface area contributed by atoms with Gasteiger partial charge in [0.05, 0.1) is 5.60 Å². The second kappa shape index (κ2) is 5.15. The summed E-state index contributed by atoms with van der Waals surface area (Å²) in [5.41, 5.74) is -0.237. The van der Waals surface area contributed by atoms with Crippen LogP contribution in [0.1, 0.15) is 44.3 Å². The Morgan fingerprint density at radius 1 is 1.35 bits per heavy atom. The van der Waals surface area contributed by atoms with E-state index in [1.165, 1.54) is 6.07 Å². The van der Waals surface area contributed by atoms with E-state index >= 15 is 0 Å². The summed E-state index contributed by atoms with van der Waals surface area (Å²) in [6.07, 6.45) is 2.80. The normalized spacial score (nSPS) is 20.4. The quantitative estimate of drug-likeness (QED) is 0.872. The van der Waals surface area contributed by atoms with E-state index in [1.807, 2.05) is 6.92 Å². The summed E-state index contributed by atoms with van der Waals surface area (Å²) < 4.78 is 19.4. The van der Waals surface area contributed by atoms with Gasteiger partial charge in [-0.15, -0.1) is 0 Å². The summed E-state index contributed by atoms with van der Waals surface area (Å²) in [5.74, 6) is -0.356. The molecule has 1 saturated carbocycles. The summed E-state index contributed by atoms with van der Waals surface area (Å²) >= 11 is 0. The highest BCUT2D eigenvalue weighted by Gasteiger charge is 2.42. The minimum atomic E-state index is -0.869. The second-order valence-corrected chi connectivity index (χ2v) is 4.63. The van der Waals surface area contributed by atoms with Crippen LogP contribution >= 0.6 is 0 Å². The van der Waals surface area contributed by atoms with Crippen molar-refractivity contribution in [3.63, 3.8) is 0 Å². The monoisotopic (exact) mass is 238 g/mol. The van der Waals surface area contributed by atoms with Gasteiger partial charge in [-0.1, -0.05) is 31.0 Å². The van der Waals surface area contributed by atoms with E-state index in [0.29, 0.717) is 12.2 Å². The molecular weight excluding hydrogens is 219 g/mol.